The van der Waals surface area contributed by atoms with Gasteiger partial charge >= 0.3 is 0 Å². The van der Waals surface area contributed by atoms with Crippen LogP contribution in [0.4, 0.5) is 0 Å². The zero-order chi connectivity index (χ0) is 7.56. The van der Waals surface area contributed by atoms with Gasteiger partial charge in [-0.15, -0.1) is 0 Å². The highest BCUT2D eigenvalue weighted by molar-refractivity contribution is 4.78. The summed E-state index contributed by atoms with van der Waals surface area (Å²) in [6, 6.07) is 0. The van der Waals surface area contributed by atoms with Crippen molar-refractivity contribution in [3.63, 3.8) is 0 Å². The maximum absolute atomic E-state index is 8.90. The van der Waals surface area contributed by atoms with E-state index in [1.807, 2.05) is 0 Å². The molecule has 3 nitrogen and oxygen atoms in total. The molecule has 1 heterocycles. The highest BCUT2D eigenvalue weighted by Gasteiger charge is 2.23. The molecule has 1 rings (SSSR count). The average Bonchev–Trinajstić information content (AvgIpc) is 1.77. The van der Waals surface area contributed by atoms with Gasteiger partial charge in [-0.2, -0.15) is 0 Å². The van der Waals surface area contributed by atoms with Crippen LogP contribution in [0, 0.1) is 0 Å². The normalized spacial score (nSPS) is 24.3. The highest BCUT2D eigenvalue weighted by Crippen LogP contribution is 2.07. The third-order valence-corrected chi connectivity index (χ3v) is 1.80. The lowest BCUT2D eigenvalue weighted by molar-refractivity contribution is -0.00435. The molecule has 1 aliphatic rings. The van der Waals surface area contributed by atoms with Gasteiger partial charge in [0.15, 0.2) is 0 Å². The van der Waals surface area contributed by atoms with Crippen LogP contribution in [0.15, 0.2) is 0 Å². The molecular weight excluding hydrogens is 130 g/mol. The largest absolute Gasteiger partial charge is 0.393 e. The number of rotatable bonds is 3. The van der Waals surface area contributed by atoms with Crippen LogP contribution in [-0.4, -0.2) is 47.0 Å². The van der Waals surface area contributed by atoms with Gasteiger partial charge in [-0.3, -0.25) is 4.90 Å². The van der Waals surface area contributed by atoms with E-state index in [9.17, 15) is 0 Å². The first-order valence-electron chi connectivity index (χ1n) is 3.77. The molecule has 0 saturated carbocycles. The lowest BCUT2D eigenvalue weighted by Gasteiger charge is -2.35. The fraction of sp³-hybridized carbons (Fsp3) is 1.00. The molecule has 0 amide bonds. The van der Waals surface area contributed by atoms with E-state index in [2.05, 4.69) is 4.90 Å². The highest BCUT2D eigenvalue weighted by atomic mass is 16.3. The molecule has 0 radical (unpaired) electrons. The van der Waals surface area contributed by atoms with Crippen LogP contribution in [0.1, 0.15) is 13.3 Å². The maximum atomic E-state index is 8.90. The van der Waals surface area contributed by atoms with Gasteiger partial charge in [0.2, 0.25) is 0 Å². The van der Waals surface area contributed by atoms with Crippen molar-refractivity contribution in [2.24, 2.45) is 0 Å². The van der Waals surface area contributed by atoms with Crippen LogP contribution in [-0.2, 0) is 0 Å². The van der Waals surface area contributed by atoms with Crippen LogP contribution < -0.4 is 0 Å². The molecule has 0 spiro atoms. The van der Waals surface area contributed by atoms with Crippen molar-refractivity contribution < 1.29 is 10.2 Å². The van der Waals surface area contributed by atoms with Crippen molar-refractivity contribution in [3.05, 3.63) is 0 Å². The van der Waals surface area contributed by atoms with E-state index in [0.717, 1.165) is 26.1 Å². The Kier molecular flexibility index (Phi) is 2.65. The molecule has 10 heavy (non-hydrogen) atoms. The Labute approximate surface area is 61.3 Å². The Morgan fingerprint density at radius 3 is 2.60 bits per heavy atom. The smallest absolute Gasteiger partial charge is 0.0793 e. The van der Waals surface area contributed by atoms with E-state index >= 15 is 0 Å². The summed E-state index contributed by atoms with van der Waals surface area (Å²) in [4.78, 5) is 2.14. The first kappa shape index (κ1) is 7.98. The molecule has 1 unspecified atom stereocenters. The molecule has 0 aromatic rings. The van der Waals surface area contributed by atoms with Crippen LogP contribution in [0.2, 0.25) is 0 Å². The van der Waals surface area contributed by atoms with Crippen LogP contribution in [0.25, 0.3) is 0 Å². The van der Waals surface area contributed by atoms with Gasteiger partial charge in [0, 0.05) is 19.6 Å². The van der Waals surface area contributed by atoms with E-state index in [1.165, 1.54) is 0 Å². The third kappa shape index (κ3) is 2.25. The summed E-state index contributed by atoms with van der Waals surface area (Å²) < 4.78 is 0. The molecule has 1 aliphatic heterocycles. The SMILES string of the molecule is CC(O)CCN1CC(O)C1. The van der Waals surface area contributed by atoms with Crippen molar-refractivity contribution in [1.82, 2.24) is 4.90 Å². The van der Waals surface area contributed by atoms with Crippen molar-refractivity contribution in [2.45, 2.75) is 25.6 Å². The third-order valence-electron chi connectivity index (χ3n) is 1.80. The van der Waals surface area contributed by atoms with E-state index < -0.39 is 0 Å². The summed E-state index contributed by atoms with van der Waals surface area (Å²) in [5.74, 6) is 0. The van der Waals surface area contributed by atoms with Gasteiger partial charge in [0.25, 0.3) is 0 Å². The topological polar surface area (TPSA) is 43.7 Å². The summed E-state index contributed by atoms with van der Waals surface area (Å²) >= 11 is 0. The fourth-order valence-electron chi connectivity index (χ4n) is 1.09. The summed E-state index contributed by atoms with van der Waals surface area (Å²) in [7, 11) is 0. The lowest BCUT2D eigenvalue weighted by Crippen LogP contribution is -2.51. The van der Waals surface area contributed by atoms with E-state index in [-0.39, 0.29) is 12.2 Å². The number of hydrogen-bond acceptors (Lipinski definition) is 3. The Morgan fingerprint density at radius 1 is 1.60 bits per heavy atom. The maximum Gasteiger partial charge on any atom is 0.0793 e. The minimum absolute atomic E-state index is 0.117. The Hall–Kier alpha value is -0.120. The van der Waals surface area contributed by atoms with Crippen LogP contribution >= 0.6 is 0 Å². The van der Waals surface area contributed by atoms with E-state index in [4.69, 9.17) is 10.2 Å². The minimum atomic E-state index is -0.210. The number of aliphatic hydroxyl groups excluding tert-OH is 2. The zero-order valence-corrected chi connectivity index (χ0v) is 6.32. The van der Waals surface area contributed by atoms with Gasteiger partial charge in [0.05, 0.1) is 12.2 Å². The molecule has 1 saturated heterocycles. The molecule has 0 aromatic carbocycles. The van der Waals surface area contributed by atoms with E-state index in [0.29, 0.717) is 0 Å². The predicted molar refractivity (Wildman–Crippen MR) is 38.7 cm³/mol. The van der Waals surface area contributed by atoms with Gasteiger partial charge < -0.3 is 10.2 Å². The number of hydrogen-bond donors (Lipinski definition) is 2. The molecule has 3 heteroatoms. The molecule has 1 atom stereocenters. The fourth-order valence-corrected chi connectivity index (χ4v) is 1.09. The van der Waals surface area contributed by atoms with E-state index in [1.54, 1.807) is 6.92 Å². The Morgan fingerprint density at radius 2 is 2.20 bits per heavy atom. The summed E-state index contributed by atoms with van der Waals surface area (Å²) in [5.41, 5.74) is 0. The van der Waals surface area contributed by atoms with Crippen molar-refractivity contribution in [3.8, 4) is 0 Å². The second-order valence-electron chi connectivity index (χ2n) is 3.05. The zero-order valence-electron chi connectivity index (χ0n) is 6.32. The van der Waals surface area contributed by atoms with Gasteiger partial charge in [0.1, 0.15) is 0 Å². The molecule has 2 N–H and O–H groups in total. The van der Waals surface area contributed by atoms with Crippen LogP contribution in [0.3, 0.4) is 0 Å². The van der Waals surface area contributed by atoms with Gasteiger partial charge in [-0.05, 0) is 13.3 Å². The van der Waals surface area contributed by atoms with Crippen molar-refractivity contribution in [2.75, 3.05) is 19.6 Å². The number of β-amino-alcohol motifs (C(OH)–C–C–N with tert-alkyl or cyclic N) is 1. The molecule has 60 valence electrons. The summed E-state index contributed by atoms with van der Waals surface area (Å²) in [5, 5.41) is 17.8. The van der Waals surface area contributed by atoms with Crippen LogP contribution in [0.5, 0.6) is 0 Å². The van der Waals surface area contributed by atoms with Crippen molar-refractivity contribution >= 4 is 0 Å². The summed E-state index contributed by atoms with van der Waals surface area (Å²) in [6.07, 6.45) is 0.485. The Bertz CT molecular complexity index is 99.8. The second kappa shape index (κ2) is 3.32. The molecule has 1 fully saturated rings. The number of aliphatic hydroxyl groups is 2. The predicted octanol–water partition coefficient (Wildman–Crippen LogP) is -0.566. The summed E-state index contributed by atoms with van der Waals surface area (Å²) in [6.45, 7) is 4.27. The molecule has 0 aliphatic carbocycles. The number of nitrogens with zero attached hydrogens (tertiary/aromatic N) is 1. The monoisotopic (exact) mass is 145 g/mol. The number of likely N-dealkylation sites (tertiary alicyclic amines) is 1. The second-order valence-corrected chi connectivity index (χ2v) is 3.05. The standard InChI is InChI=1S/C7H15NO2/c1-6(9)2-3-8-4-7(10)5-8/h6-7,9-10H,2-5H2,1H3. The van der Waals surface area contributed by atoms with Gasteiger partial charge in [-0.1, -0.05) is 0 Å². The quantitative estimate of drug-likeness (QED) is 0.559. The molecule has 0 aromatic heterocycles. The lowest BCUT2D eigenvalue weighted by atomic mass is 10.1. The molecular formula is C7H15NO2. The molecule has 0 bridgehead atoms. The first-order chi connectivity index (χ1) is 4.68. The first-order valence-corrected chi connectivity index (χ1v) is 3.77. The Balaban J connectivity index is 1.95. The average molecular weight is 145 g/mol. The minimum Gasteiger partial charge on any atom is -0.393 e. The van der Waals surface area contributed by atoms with Crippen molar-refractivity contribution in [1.29, 1.82) is 0 Å². The van der Waals surface area contributed by atoms with Gasteiger partial charge in [-0.25, -0.2) is 0 Å².